The molecule has 0 saturated heterocycles. The summed E-state index contributed by atoms with van der Waals surface area (Å²) in [4.78, 5) is 13.4. The maximum atomic E-state index is 12.0. The number of hydrogen-bond acceptors (Lipinski definition) is 3. The molecule has 0 aliphatic heterocycles. The van der Waals surface area contributed by atoms with E-state index >= 15 is 0 Å². The van der Waals surface area contributed by atoms with E-state index < -0.39 is 0 Å². The summed E-state index contributed by atoms with van der Waals surface area (Å²) >= 11 is 0. The molecule has 0 heterocycles. The molecule has 21 heavy (non-hydrogen) atoms. The molecule has 0 aliphatic carbocycles. The number of amides is 1. The van der Waals surface area contributed by atoms with Gasteiger partial charge in [-0.15, -0.1) is 0 Å². The van der Waals surface area contributed by atoms with Crippen LogP contribution in [0, 0.1) is 11.3 Å². The molecule has 2 aromatic rings. The summed E-state index contributed by atoms with van der Waals surface area (Å²) in [5.74, 6) is 0.306. The highest BCUT2D eigenvalue weighted by Gasteiger charge is 2.14. The van der Waals surface area contributed by atoms with E-state index in [0.717, 1.165) is 16.3 Å². The molecule has 106 valence electrons. The van der Waals surface area contributed by atoms with Crippen molar-refractivity contribution in [3.63, 3.8) is 0 Å². The van der Waals surface area contributed by atoms with Crippen molar-refractivity contribution in [1.82, 2.24) is 4.90 Å². The molecule has 0 fully saturated rings. The van der Waals surface area contributed by atoms with Gasteiger partial charge in [-0.05, 0) is 22.9 Å². The molecule has 0 N–H and O–H groups in total. The van der Waals surface area contributed by atoms with Crippen LogP contribution in [0.3, 0.4) is 0 Å². The number of nitrogens with zero attached hydrogens (tertiary/aromatic N) is 2. The van der Waals surface area contributed by atoms with Crippen molar-refractivity contribution < 1.29 is 9.53 Å². The number of ether oxygens (including phenoxy) is 1. The summed E-state index contributed by atoms with van der Waals surface area (Å²) < 4.78 is 5.36. The maximum absolute atomic E-state index is 12.0. The van der Waals surface area contributed by atoms with Gasteiger partial charge in [0.25, 0.3) is 5.91 Å². The first-order chi connectivity index (χ1) is 10.1. The molecule has 0 bridgehead atoms. The number of carbonyl (C=O) groups is 1. The highest BCUT2D eigenvalue weighted by molar-refractivity contribution is 6.04. The Balaban J connectivity index is 2.70. The largest absolute Gasteiger partial charge is 0.496 e. The maximum Gasteiger partial charge on any atom is 0.264 e. The lowest BCUT2D eigenvalue weighted by atomic mass is 10.0. The van der Waals surface area contributed by atoms with Gasteiger partial charge in [0.2, 0.25) is 0 Å². The van der Waals surface area contributed by atoms with Crippen LogP contribution in [0.4, 0.5) is 0 Å². The minimum Gasteiger partial charge on any atom is -0.496 e. The standard InChI is InChI=1S/C17H16N2O2/c1-19(2)17(20)13(11-18)10-15-14-7-5-4-6-12(14)8-9-16(15)21-3/h4-10H,1-3H3. The molecule has 0 aromatic heterocycles. The van der Waals surface area contributed by atoms with E-state index in [-0.39, 0.29) is 11.5 Å². The van der Waals surface area contributed by atoms with Gasteiger partial charge in [-0.1, -0.05) is 30.3 Å². The predicted molar refractivity (Wildman–Crippen MR) is 82.8 cm³/mol. The molecule has 0 unspecified atom stereocenters. The fourth-order valence-electron chi connectivity index (χ4n) is 2.13. The number of rotatable bonds is 3. The molecule has 2 rings (SSSR count). The van der Waals surface area contributed by atoms with Gasteiger partial charge in [0.15, 0.2) is 0 Å². The van der Waals surface area contributed by atoms with Gasteiger partial charge < -0.3 is 9.64 Å². The third-order valence-electron chi connectivity index (χ3n) is 3.20. The lowest BCUT2D eigenvalue weighted by molar-refractivity contribution is -0.124. The summed E-state index contributed by atoms with van der Waals surface area (Å²) in [5.41, 5.74) is 0.817. The Labute approximate surface area is 123 Å². The van der Waals surface area contributed by atoms with Crippen LogP contribution in [-0.4, -0.2) is 32.0 Å². The number of benzene rings is 2. The second-order valence-electron chi connectivity index (χ2n) is 4.77. The fraction of sp³-hybridized carbons (Fsp3) is 0.176. The van der Waals surface area contributed by atoms with Gasteiger partial charge in [0.1, 0.15) is 17.4 Å². The highest BCUT2D eigenvalue weighted by atomic mass is 16.5. The van der Waals surface area contributed by atoms with E-state index in [1.807, 2.05) is 42.5 Å². The van der Waals surface area contributed by atoms with Gasteiger partial charge in [-0.25, -0.2) is 0 Å². The third-order valence-corrected chi connectivity index (χ3v) is 3.20. The molecule has 2 aromatic carbocycles. The number of methoxy groups -OCH3 is 1. The van der Waals surface area contributed by atoms with Crippen LogP contribution in [0.25, 0.3) is 16.8 Å². The van der Waals surface area contributed by atoms with E-state index in [2.05, 4.69) is 0 Å². The predicted octanol–water partition coefficient (Wildman–Crippen LogP) is 2.84. The summed E-state index contributed by atoms with van der Waals surface area (Å²) in [7, 11) is 4.81. The Bertz CT molecular complexity index is 755. The first kappa shape index (κ1) is 14.6. The van der Waals surface area contributed by atoms with Crippen molar-refractivity contribution in [1.29, 1.82) is 5.26 Å². The van der Waals surface area contributed by atoms with Crippen LogP contribution in [0.1, 0.15) is 5.56 Å². The van der Waals surface area contributed by atoms with E-state index in [9.17, 15) is 10.1 Å². The van der Waals surface area contributed by atoms with Gasteiger partial charge in [-0.2, -0.15) is 5.26 Å². The van der Waals surface area contributed by atoms with Crippen molar-refractivity contribution in [2.45, 2.75) is 0 Å². The molecule has 0 saturated carbocycles. The van der Waals surface area contributed by atoms with Crippen molar-refractivity contribution >= 4 is 22.8 Å². The summed E-state index contributed by atoms with van der Waals surface area (Å²) in [6.07, 6.45) is 1.59. The Kier molecular flexibility index (Phi) is 4.24. The van der Waals surface area contributed by atoms with Crippen LogP contribution in [-0.2, 0) is 4.79 Å². The molecular formula is C17H16N2O2. The van der Waals surface area contributed by atoms with E-state index in [1.165, 1.54) is 4.90 Å². The van der Waals surface area contributed by atoms with Gasteiger partial charge in [0.05, 0.1) is 7.11 Å². The quantitative estimate of drug-likeness (QED) is 0.641. The minimum atomic E-state index is -0.326. The lowest BCUT2D eigenvalue weighted by Gasteiger charge is -2.11. The smallest absolute Gasteiger partial charge is 0.264 e. The first-order valence-corrected chi connectivity index (χ1v) is 6.47. The zero-order chi connectivity index (χ0) is 15.4. The molecular weight excluding hydrogens is 264 g/mol. The third kappa shape index (κ3) is 2.87. The van der Waals surface area contributed by atoms with Crippen LogP contribution in [0.5, 0.6) is 5.75 Å². The number of carbonyl (C=O) groups excluding carboxylic acids is 1. The zero-order valence-corrected chi connectivity index (χ0v) is 12.3. The Morgan fingerprint density at radius 3 is 2.57 bits per heavy atom. The zero-order valence-electron chi connectivity index (χ0n) is 12.3. The van der Waals surface area contributed by atoms with Crippen LogP contribution in [0.15, 0.2) is 42.0 Å². The van der Waals surface area contributed by atoms with Crippen molar-refractivity contribution in [3.05, 3.63) is 47.5 Å². The minimum absolute atomic E-state index is 0.0784. The summed E-state index contributed by atoms with van der Waals surface area (Å²) in [6, 6.07) is 13.5. The SMILES string of the molecule is COc1ccc2ccccc2c1C=C(C#N)C(=O)N(C)C. The number of likely N-dealkylation sites (N-methyl/N-ethyl adjacent to an activating group) is 1. The Morgan fingerprint density at radius 1 is 1.24 bits per heavy atom. The lowest BCUT2D eigenvalue weighted by Crippen LogP contribution is -2.22. The Morgan fingerprint density at radius 2 is 1.95 bits per heavy atom. The number of fused-ring (bicyclic) bond motifs is 1. The average molecular weight is 280 g/mol. The van der Waals surface area contributed by atoms with Gasteiger partial charge >= 0.3 is 0 Å². The first-order valence-electron chi connectivity index (χ1n) is 6.47. The molecule has 0 radical (unpaired) electrons. The number of nitriles is 1. The second-order valence-corrected chi connectivity index (χ2v) is 4.77. The van der Waals surface area contributed by atoms with Crippen LogP contribution in [0.2, 0.25) is 0 Å². The Hall–Kier alpha value is -2.80. The fourth-order valence-corrected chi connectivity index (χ4v) is 2.13. The molecule has 4 heteroatoms. The normalized spacial score (nSPS) is 11.0. The van der Waals surface area contributed by atoms with E-state index in [0.29, 0.717) is 5.75 Å². The molecule has 0 aliphatic rings. The van der Waals surface area contributed by atoms with Crippen molar-refractivity contribution in [2.24, 2.45) is 0 Å². The van der Waals surface area contributed by atoms with Crippen molar-refractivity contribution in [3.8, 4) is 11.8 Å². The monoisotopic (exact) mass is 280 g/mol. The molecule has 4 nitrogen and oxygen atoms in total. The summed E-state index contributed by atoms with van der Waals surface area (Å²) in [5, 5.41) is 11.2. The number of hydrogen-bond donors (Lipinski definition) is 0. The van der Waals surface area contributed by atoms with Crippen molar-refractivity contribution in [2.75, 3.05) is 21.2 Å². The van der Waals surface area contributed by atoms with E-state index in [4.69, 9.17) is 4.74 Å². The molecule has 1 amide bonds. The average Bonchev–Trinajstić information content (AvgIpc) is 2.51. The highest BCUT2D eigenvalue weighted by Crippen LogP contribution is 2.30. The van der Waals surface area contributed by atoms with Crippen LogP contribution >= 0.6 is 0 Å². The van der Waals surface area contributed by atoms with Crippen LogP contribution < -0.4 is 4.74 Å². The molecule has 0 spiro atoms. The van der Waals surface area contributed by atoms with E-state index in [1.54, 1.807) is 27.3 Å². The second kappa shape index (κ2) is 6.10. The van der Waals surface area contributed by atoms with Gasteiger partial charge in [0, 0.05) is 19.7 Å². The topological polar surface area (TPSA) is 53.3 Å². The van der Waals surface area contributed by atoms with Gasteiger partial charge in [-0.3, -0.25) is 4.79 Å². The molecule has 0 atom stereocenters. The summed E-state index contributed by atoms with van der Waals surface area (Å²) in [6.45, 7) is 0.